The molecule has 2 aromatic carbocycles. The summed E-state index contributed by atoms with van der Waals surface area (Å²) in [7, 11) is 0. The minimum absolute atomic E-state index is 0.216. The van der Waals surface area contributed by atoms with Gasteiger partial charge in [-0.1, -0.05) is 35.3 Å². The summed E-state index contributed by atoms with van der Waals surface area (Å²) in [6.45, 7) is -0.474. The first kappa shape index (κ1) is 17.1. The number of benzene rings is 2. The van der Waals surface area contributed by atoms with E-state index < -0.39 is 18.5 Å². The van der Waals surface area contributed by atoms with Crippen molar-refractivity contribution in [1.82, 2.24) is 9.97 Å². The highest BCUT2D eigenvalue weighted by Gasteiger charge is 2.15. The van der Waals surface area contributed by atoms with E-state index in [0.29, 0.717) is 21.7 Å². The second kappa shape index (κ2) is 7.46. The Balaban J connectivity index is 1.67. The van der Waals surface area contributed by atoms with Crippen LogP contribution in [0.4, 0.5) is 5.69 Å². The topological polar surface area (TPSA) is 81.2 Å². The molecular weight excluding hydrogens is 365 g/mol. The molecule has 0 spiro atoms. The first-order chi connectivity index (χ1) is 12.1. The Morgan fingerprint density at radius 2 is 1.80 bits per heavy atom. The Morgan fingerprint density at radius 1 is 1.04 bits per heavy atom. The zero-order valence-corrected chi connectivity index (χ0v) is 14.2. The summed E-state index contributed by atoms with van der Waals surface area (Å²) in [5, 5.41) is 3.06. The molecule has 8 heteroatoms. The van der Waals surface area contributed by atoms with Gasteiger partial charge in [0.1, 0.15) is 5.52 Å². The summed E-state index contributed by atoms with van der Waals surface area (Å²) in [4.78, 5) is 32.4. The van der Waals surface area contributed by atoms with E-state index in [4.69, 9.17) is 27.9 Å². The minimum Gasteiger partial charge on any atom is -0.452 e. The highest BCUT2D eigenvalue weighted by molar-refractivity contribution is 6.44. The quantitative estimate of drug-likeness (QED) is 0.702. The largest absolute Gasteiger partial charge is 0.452 e. The van der Waals surface area contributed by atoms with Crippen LogP contribution in [0, 0.1) is 0 Å². The molecule has 0 unspecified atom stereocenters. The monoisotopic (exact) mass is 375 g/mol. The zero-order chi connectivity index (χ0) is 17.8. The Morgan fingerprint density at radius 3 is 2.64 bits per heavy atom. The number of anilines is 1. The summed E-state index contributed by atoms with van der Waals surface area (Å²) < 4.78 is 5.05. The van der Waals surface area contributed by atoms with Crippen molar-refractivity contribution in [1.29, 1.82) is 0 Å². The fourth-order valence-corrected chi connectivity index (χ4v) is 2.50. The maximum atomic E-state index is 12.2. The number of para-hydroxylation sites is 1. The highest BCUT2D eigenvalue weighted by Crippen LogP contribution is 2.29. The molecule has 0 aliphatic heterocycles. The Bertz CT molecular complexity index is 958. The van der Waals surface area contributed by atoms with Crippen molar-refractivity contribution in [3.05, 3.63) is 64.4 Å². The molecule has 0 aliphatic carbocycles. The molecule has 0 atom stereocenters. The van der Waals surface area contributed by atoms with Gasteiger partial charge in [0.05, 0.1) is 26.8 Å². The van der Waals surface area contributed by atoms with Gasteiger partial charge >= 0.3 is 5.97 Å². The molecule has 0 fully saturated rings. The Hall–Kier alpha value is -2.70. The van der Waals surface area contributed by atoms with Gasteiger partial charge in [0.15, 0.2) is 6.61 Å². The van der Waals surface area contributed by atoms with E-state index in [1.165, 1.54) is 12.4 Å². The third kappa shape index (κ3) is 3.87. The number of nitrogens with one attached hydrogen (secondary N) is 1. The number of rotatable bonds is 4. The highest BCUT2D eigenvalue weighted by atomic mass is 35.5. The molecular formula is C17H11Cl2N3O3. The van der Waals surface area contributed by atoms with Gasteiger partial charge in [0, 0.05) is 12.4 Å². The number of esters is 1. The molecule has 0 bridgehead atoms. The van der Waals surface area contributed by atoms with Gasteiger partial charge in [-0.2, -0.15) is 0 Å². The molecule has 0 radical (unpaired) electrons. The number of fused-ring (bicyclic) bond motifs is 1. The van der Waals surface area contributed by atoms with E-state index in [0.717, 1.165) is 0 Å². The fraction of sp³-hybridized carbons (Fsp3) is 0.0588. The number of carbonyl (C=O) groups excluding carboxylic acids is 2. The maximum absolute atomic E-state index is 12.2. The van der Waals surface area contributed by atoms with Crippen LogP contribution in [0.2, 0.25) is 10.0 Å². The van der Waals surface area contributed by atoms with Gasteiger partial charge in [0.25, 0.3) is 5.91 Å². The molecule has 126 valence electrons. The lowest BCUT2D eigenvalue weighted by molar-refractivity contribution is -0.119. The Kier molecular flexibility index (Phi) is 5.11. The fourth-order valence-electron chi connectivity index (χ4n) is 2.15. The second-order valence-electron chi connectivity index (χ2n) is 4.96. The number of ether oxygens (including phenoxy) is 1. The van der Waals surface area contributed by atoms with Crippen LogP contribution in [0.15, 0.2) is 48.8 Å². The normalized spacial score (nSPS) is 10.5. The molecule has 3 aromatic rings. The van der Waals surface area contributed by atoms with Crippen LogP contribution < -0.4 is 5.32 Å². The molecule has 1 amide bonds. The van der Waals surface area contributed by atoms with Crippen molar-refractivity contribution in [3.63, 3.8) is 0 Å². The van der Waals surface area contributed by atoms with Gasteiger partial charge in [-0.15, -0.1) is 0 Å². The smallest absolute Gasteiger partial charge is 0.340 e. The average Bonchev–Trinajstić information content (AvgIpc) is 2.63. The lowest BCUT2D eigenvalue weighted by Gasteiger charge is -2.09. The van der Waals surface area contributed by atoms with Crippen molar-refractivity contribution in [2.24, 2.45) is 0 Å². The first-order valence-electron chi connectivity index (χ1n) is 7.17. The van der Waals surface area contributed by atoms with Crippen LogP contribution in [0.3, 0.4) is 0 Å². The van der Waals surface area contributed by atoms with E-state index in [-0.39, 0.29) is 10.6 Å². The van der Waals surface area contributed by atoms with E-state index in [9.17, 15) is 9.59 Å². The summed E-state index contributed by atoms with van der Waals surface area (Å²) >= 11 is 11.9. The van der Waals surface area contributed by atoms with Crippen LogP contribution in [0.1, 0.15) is 10.4 Å². The van der Waals surface area contributed by atoms with E-state index in [2.05, 4.69) is 15.3 Å². The summed E-state index contributed by atoms with van der Waals surface area (Å²) in [5.74, 6) is -1.21. The van der Waals surface area contributed by atoms with Crippen molar-refractivity contribution in [2.45, 2.75) is 0 Å². The Labute approximate surface area is 152 Å². The molecule has 1 aromatic heterocycles. The maximum Gasteiger partial charge on any atom is 0.340 e. The average molecular weight is 376 g/mol. The van der Waals surface area contributed by atoms with Gasteiger partial charge < -0.3 is 10.1 Å². The van der Waals surface area contributed by atoms with Crippen molar-refractivity contribution in [3.8, 4) is 0 Å². The zero-order valence-electron chi connectivity index (χ0n) is 12.7. The van der Waals surface area contributed by atoms with Crippen LogP contribution in [-0.4, -0.2) is 28.5 Å². The predicted octanol–water partition coefficient (Wildman–Crippen LogP) is 3.73. The molecule has 25 heavy (non-hydrogen) atoms. The van der Waals surface area contributed by atoms with Gasteiger partial charge in [-0.3, -0.25) is 14.8 Å². The van der Waals surface area contributed by atoms with Gasteiger partial charge in [-0.25, -0.2) is 4.79 Å². The van der Waals surface area contributed by atoms with Crippen molar-refractivity contribution >= 4 is 51.8 Å². The van der Waals surface area contributed by atoms with Gasteiger partial charge in [0.2, 0.25) is 0 Å². The molecule has 3 rings (SSSR count). The lowest BCUT2D eigenvalue weighted by atomic mass is 10.2. The number of carbonyl (C=O) groups is 2. The van der Waals surface area contributed by atoms with Crippen molar-refractivity contribution in [2.75, 3.05) is 11.9 Å². The number of hydrogen-bond acceptors (Lipinski definition) is 5. The molecule has 6 nitrogen and oxygen atoms in total. The number of amides is 1. The lowest BCUT2D eigenvalue weighted by Crippen LogP contribution is -2.21. The first-order valence-corrected chi connectivity index (χ1v) is 7.92. The van der Waals surface area contributed by atoms with E-state index >= 15 is 0 Å². The summed E-state index contributed by atoms with van der Waals surface area (Å²) in [6.07, 6.45) is 3.01. The molecule has 0 aliphatic rings. The molecule has 0 saturated carbocycles. The third-order valence-electron chi connectivity index (χ3n) is 3.28. The van der Waals surface area contributed by atoms with Crippen LogP contribution in [0.25, 0.3) is 11.0 Å². The summed E-state index contributed by atoms with van der Waals surface area (Å²) in [6, 6.07) is 9.79. The van der Waals surface area contributed by atoms with Crippen LogP contribution in [0.5, 0.6) is 0 Å². The number of aromatic nitrogens is 2. The van der Waals surface area contributed by atoms with Crippen LogP contribution >= 0.6 is 23.2 Å². The second-order valence-corrected chi connectivity index (χ2v) is 5.74. The van der Waals surface area contributed by atoms with Gasteiger partial charge in [-0.05, 0) is 24.3 Å². The van der Waals surface area contributed by atoms with E-state index in [1.807, 2.05) is 0 Å². The molecule has 1 heterocycles. The minimum atomic E-state index is -0.668. The molecule has 1 N–H and O–H groups in total. The standard InChI is InChI=1S/C17H11Cl2N3O3/c18-11-4-2-5-12(15(11)19)22-14(23)9-25-17(24)10-3-1-6-13-16(10)21-8-7-20-13/h1-8H,9H2,(H,22,23). The number of hydrogen-bond donors (Lipinski definition) is 1. The number of nitrogens with zero attached hydrogens (tertiary/aromatic N) is 2. The SMILES string of the molecule is O=C(COC(=O)c1cccc2nccnc12)Nc1cccc(Cl)c1Cl. The third-order valence-corrected chi connectivity index (χ3v) is 4.10. The molecule has 0 saturated heterocycles. The van der Waals surface area contributed by atoms with Crippen LogP contribution in [-0.2, 0) is 9.53 Å². The van der Waals surface area contributed by atoms with E-state index in [1.54, 1.807) is 36.4 Å². The van der Waals surface area contributed by atoms with Crippen molar-refractivity contribution < 1.29 is 14.3 Å². The predicted molar refractivity (Wildman–Crippen MR) is 94.9 cm³/mol. The summed E-state index contributed by atoms with van der Waals surface area (Å²) in [5.41, 5.74) is 1.55. The number of halogens is 2.